The predicted octanol–water partition coefficient (Wildman–Crippen LogP) is 1.44. The van der Waals surface area contributed by atoms with Crippen molar-refractivity contribution in [1.29, 1.82) is 0 Å². The molecule has 1 atom stereocenters. The van der Waals surface area contributed by atoms with Gasteiger partial charge in [-0.1, -0.05) is 0 Å². The van der Waals surface area contributed by atoms with Gasteiger partial charge in [-0.3, -0.25) is 4.79 Å². The van der Waals surface area contributed by atoms with E-state index in [0.717, 1.165) is 43.9 Å². The van der Waals surface area contributed by atoms with Crippen molar-refractivity contribution in [2.24, 2.45) is 5.92 Å². The summed E-state index contributed by atoms with van der Waals surface area (Å²) in [4.78, 5) is 14.2. The largest absolute Gasteiger partial charge is 0.395 e. The van der Waals surface area contributed by atoms with Crippen LogP contribution in [0.3, 0.4) is 0 Å². The molecular formula is C16H25N3O2. The predicted molar refractivity (Wildman–Crippen MR) is 85.6 cm³/mol. The molecular weight excluding hydrogens is 266 g/mol. The molecule has 1 heterocycles. The molecule has 1 aromatic rings. The number of piperidine rings is 1. The van der Waals surface area contributed by atoms with Crippen molar-refractivity contribution in [2.75, 3.05) is 43.0 Å². The Kier molecular flexibility index (Phi) is 6.02. The third-order valence-corrected chi connectivity index (χ3v) is 3.92. The number of aliphatic hydroxyl groups excluding tert-OH is 1. The Balaban J connectivity index is 1.93. The van der Waals surface area contributed by atoms with Crippen LogP contribution in [0.25, 0.3) is 0 Å². The van der Waals surface area contributed by atoms with Gasteiger partial charge in [-0.2, -0.15) is 0 Å². The molecule has 1 amide bonds. The van der Waals surface area contributed by atoms with Gasteiger partial charge in [0.15, 0.2) is 0 Å². The zero-order chi connectivity index (χ0) is 15.1. The van der Waals surface area contributed by atoms with Crippen molar-refractivity contribution in [3.63, 3.8) is 0 Å². The van der Waals surface area contributed by atoms with E-state index < -0.39 is 0 Å². The number of carbonyl (C=O) groups is 1. The van der Waals surface area contributed by atoms with Crippen LogP contribution in [-0.4, -0.2) is 43.8 Å². The van der Waals surface area contributed by atoms with Crippen molar-refractivity contribution >= 4 is 17.3 Å². The monoisotopic (exact) mass is 291 g/mol. The van der Waals surface area contributed by atoms with E-state index in [2.05, 4.69) is 22.5 Å². The molecule has 0 aliphatic carbocycles. The van der Waals surface area contributed by atoms with E-state index in [-0.39, 0.29) is 18.4 Å². The van der Waals surface area contributed by atoms with Gasteiger partial charge in [0.1, 0.15) is 0 Å². The van der Waals surface area contributed by atoms with E-state index in [9.17, 15) is 4.79 Å². The number of benzene rings is 1. The first-order valence-electron chi connectivity index (χ1n) is 7.72. The number of carbonyl (C=O) groups excluding carboxylic acids is 1. The second-order valence-electron chi connectivity index (χ2n) is 5.38. The third-order valence-electron chi connectivity index (χ3n) is 3.92. The lowest BCUT2D eigenvalue weighted by Crippen LogP contribution is -2.37. The van der Waals surface area contributed by atoms with E-state index in [0.29, 0.717) is 6.54 Å². The molecule has 0 radical (unpaired) electrons. The van der Waals surface area contributed by atoms with Crippen LogP contribution in [0.15, 0.2) is 24.3 Å². The van der Waals surface area contributed by atoms with Crippen molar-refractivity contribution in [3.05, 3.63) is 24.3 Å². The quantitative estimate of drug-likeness (QED) is 0.742. The Morgan fingerprint density at radius 1 is 1.43 bits per heavy atom. The maximum Gasteiger partial charge on any atom is 0.228 e. The van der Waals surface area contributed by atoms with Crippen LogP contribution in [0, 0.1) is 5.92 Å². The maximum absolute atomic E-state index is 12.2. The average Bonchev–Trinajstić information content (AvgIpc) is 2.54. The molecule has 3 N–H and O–H groups in total. The summed E-state index contributed by atoms with van der Waals surface area (Å²) in [5, 5.41) is 15.3. The van der Waals surface area contributed by atoms with Crippen LogP contribution < -0.4 is 15.5 Å². The molecule has 1 saturated heterocycles. The lowest BCUT2D eigenvalue weighted by atomic mass is 9.99. The second-order valence-corrected chi connectivity index (χ2v) is 5.38. The van der Waals surface area contributed by atoms with E-state index in [1.165, 1.54) is 0 Å². The van der Waals surface area contributed by atoms with Crippen molar-refractivity contribution in [2.45, 2.75) is 19.8 Å². The van der Waals surface area contributed by atoms with Gasteiger partial charge >= 0.3 is 0 Å². The summed E-state index contributed by atoms with van der Waals surface area (Å²) in [6, 6.07) is 7.80. The number of nitrogens with zero attached hydrogens (tertiary/aromatic N) is 1. The molecule has 0 saturated carbocycles. The first kappa shape index (κ1) is 15.8. The Morgan fingerprint density at radius 3 is 2.76 bits per heavy atom. The zero-order valence-corrected chi connectivity index (χ0v) is 12.6. The molecule has 0 aromatic heterocycles. The molecule has 1 aliphatic heterocycles. The summed E-state index contributed by atoms with van der Waals surface area (Å²) < 4.78 is 0. The molecule has 1 aromatic carbocycles. The minimum Gasteiger partial charge on any atom is -0.395 e. The Bertz CT molecular complexity index is 441. The first-order chi connectivity index (χ1) is 10.2. The molecule has 1 fully saturated rings. The topological polar surface area (TPSA) is 64.6 Å². The number of anilines is 2. The Morgan fingerprint density at radius 2 is 2.19 bits per heavy atom. The van der Waals surface area contributed by atoms with E-state index in [4.69, 9.17) is 5.11 Å². The number of likely N-dealkylation sites (N-methyl/N-ethyl adjacent to an activating group) is 1. The summed E-state index contributed by atoms with van der Waals surface area (Å²) in [7, 11) is 0. The van der Waals surface area contributed by atoms with Gasteiger partial charge in [0.25, 0.3) is 0 Å². The van der Waals surface area contributed by atoms with Crippen LogP contribution in [0.5, 0.6) is 0 Å². The van der Waals surface area contributed by atoms with Crippen molar-refractivity contribution in [1.82, 2.24) is 5.32 Å². The second kappa shape index (κ2) is 8.00. The molecule has 5 heteroatoms. The fraction of sp³-hybridized carbons (Fsp3) is 0.562. The molecule has 0 bridgehead atoms. The van der Waals surface area contributed by atoms with Crippen LogP contribution in [0.1, 0.15) is 19.8 Å². The fourth-order valence-corrected chi connectivity index (χ4v) is 2.67. The van der Waals surface area contributed by atoms with Crippen LogP contribution in [-0.2, 0) is 4.79 Å². The number of hydrogen-bond donors (Lipinski definition) is 3. The third kappa shape index (κ3) is 4.44. The number of rotatable bonds is 6. The van der Waals surface area contributed by atoms with Gasteiger partial charge in [0.2, 0.25) is 5.91 Å². The van der Waals surface area contributed by atoms with Crippen LogP contribution in [0.4, 0.5) is 11.4 Å². The molecule has 116 valence electrons. The van der Waals surface area contributed by atoms with Crippen LogP contribution >= 0.6 is 0 Å². The summed E-state index contributed by atoms with van der Waals surface area (Å²) in [6.07, 6.45) is 2.01. The highest BCUT2D eigenvalue weighted by atomic mass is 16.3. The smallest absolute Gasteiger partial charge is 0.228 e. The fourth-order valence-electron chi connectivity index (χ4n) is 2.67. The summed E-state index contributed by atoms with van der Waals surface area (Å²) in [5.41, 5.74) is 1.89. The summed E-state index contributed by atoms with van der Waals surface area (Å²) in [6.45, 7) is 5.44. The molecule has 2 rings (SSSR count). The average molecular weight is 291 g/mol. The highest BCUT2D eigenvalue weighted by molar-refractivity contribution is 5.92. The summed E-state index contributed by atoms with van der Waals surface area (Å²) >= 11 is 0. The van der Waals surface area contributed by atoms with Gasteiger partial charge in [-0.25, -0.2) is 0 Å². The molecule has 5 nitrogen and oxygen atoms in total. The van der Waals surface area contributed by atoms with E-state index in [1.54, 1.807) is 0 Å². The maximum atomic E-state index is 12.2. The van der Waals surface area contributed by atoms with Crippen LogP contribution in [0.2, 0.25) is 0 Å². The highest BCUT2D eigenvalue weighted by Crippen LogP contribution is 2.19. The first-order valence-corrected chi connectivity index (χ1v) is 7.72. The number of aliphatic hydroxyl groups is 1. The Hall–Kier alpha value is -1.59. The van der Waals surface area contributed by atoms with Crippen molar-refractivity contribution < 1.29 is 9.90 Å². The molecule has 0 unspecified atom stereocenters. The van der Waals surface area contributed by atoms with Gasteiger partial charge in [-0.05, 0) is 50.6 Å². The lowest BCUT2D eigenvalue weighted by molar-refractivity contribution is -0.120. The number of nitrogens with one attached hydrogen (secondary N) is 2. The van der Waals surface area contributed by atoms with E-state index in [1.807, 2.05) is 24.3 Å². The van der Waals surface area contributed by atoms with Gasteiger partial charge in [-0.15, -0.1) is 0 Å². The standard InChI is InChI=1S/C16H25N3O2/c1-2-19(10-11-20)15-7-5-14(6-8-15)18-16(21)13-4-3-9-17-12-13/h5-8,13,17,20H,2-4,9-12H2,1H3,(H,18,21)/t13-/m1/s1. The van der Waals surface area contributed by atoms with Gasteiger partial charge < -0.3 is 20.6 Å². The minimum absolute atomic E-state index is 0.0694. The highest BCUT2D eigenvalue weighted by Gasteiger charge is 2.20. The van der Waals surface area contributed by atoms with Gasteiger partial charge in [0.05, 0.1) is 12.5 Å². The lowest BCUT2D eigenvalue weighted by Gasteiger charge is -2.23. The van der Waals surface area contributed by atoms with Crippen molar-refractivity contribution in [3.8, 4) is 0 Å². The van der Waals surface area contributed by atoms with Gasteiger partial charge in [0, 0.05) is 31.0 Å². The summed E-state index contributed by atoms with van der Waals surface area (Å²) in [5.74, 6) is 0.164. The normalized spacial score (nSPS) is 18.3. The number of hydrogen-bond acceptors (Lipinski definition) is 4. The molecule has 21 heavy (non-hydrogen) atoms. The number of amides is 1. The SMILES string of the molecule is CCN(CCO)c1ccc(NC(=O)[C@@H]2CCCNC2)cc1. The Labute approximate surface area is 126 Å². The molecule has 0 spiro atoms. The molecule has 1 aliphatic rings. The zero-order valence-electron chi connectivity index (χ0n) is 12.6. The van der Waals surface area contributed by atoms with E-state index >= 15 is 0 Å². The minimum atomic E-state index is 0.0694.